The van der Waals surface area contributed by atoms with E-state index in [1.165, 1.54) is 0 Å². The van der Waals surface area contributed by atoms with E-state index in [9.17, 15) is 4.79 Å². The molecule has 0 bridgehead atoms. The third-order valence-electron chi connectivity index (χ3n) is 4.83. The van der Waals surface area contributed by atoms with Gasteiger partial charge in [-0.2, -0.15) is 4.98 Å². The highest BCUT2D eigenvalue weighted by molar-refractivity contribution is 6.30. The number of aromatic nitrogens is 2. The van der Waals surface area contributed by atoms with Crippen LogP contribution in [0.3, 0.4) is 0 Å². The molecule has 140 valence electrons. The van der Waals surface area contributed by atoms with Gasteiger partial charge in [0.05, 0.1) is 6.42 Å². The Kier molecular flexibility index (Phi) is 6.14. The third-order valence-corrected chi connectivity index (χ3v) is 5.06. The molecule has 0 saturated carbocycles. The highest BCUT2D eigenvalue weighted by Gasteiger charge is 2.23. The first-order valence-electron chi connectivity index (χ1n) is 9.03. The van der Waals surface area contributed by atoms with Crippen LogP contribution in [0.25, 0.3) is 0 Å². The highest BCUT2D eigenvalue weighted by Crippen LogP contribution is 2.23. The van der Waals surface area contributed by atoms with Crippen molar-refractivity contribution in [2.75, 3.05) is 32.1 Å². The molecule has 1 fully saturated rings. The summed E-state index contributed by atoms with van der Waals surface area (Å²) >= 11 is 5.99. The van der Waals surface area contributed by atoms with E-state index in [4.69, 9.17) is 16.1 Å². The summed E-state index contributed by atoms with van der Waals surface area (Å²) in [6, 6.07) is 8.06. The van der Waals surface area contributed by atoms with Crippen molar-refractivity contribution >= 4 is 23.5 Å². The summed E-state index contributed by atoms with van der Waals surface area (Å²) in [4.78, 5) is 20.6. The molecule has 0 atom stereocenters. The molecule has 0 aliphatic carbocycles. The molecule has 1 saturated heterocycles. The third kappa shape index (κ3) is 4.97. The van der Waals surface area contributed by atoms with E-state index in [-0.39, 0.29) is 5.91 Å². The van der Waals surface area contributed by atoms with Gasteiger partial charge in [-0.05, 0) is 42.9 Å². The summed E-state index contributed by atoms with van der Waals surface area (Å²) in [7, 11) is 3.76. The van der Waals surface area contributed by atoms with E-state index in [0.29, 0.717) is 23.4 Å². The van der Waals surface area contributed by atoms with Gasteiger partial charge in [-0.3, -0.25) is 4.79 Å². The molecule has 0 unspecified atom stereocenters. The van der Waals surface area contributed by atoms with Crippen LogP contribution in [0.15, 0.2) is 28.8 Å². The number of amides is 1. The topological polar surface area (TPSA) is 62.5 Å². The van der Waals surface area contributed by atoms with Crippen molar-refractivity contribution in [2.24, 2.45) is 5.92 Å². The van der Waals surface area contributed by atoms with Crippen molar-refractivity contribution in [3.63, 3.8) is 0 Å². The Balaban J connectivity index is 1.42. The van der Waals surface area contributed by atoms with Gasteiger partial charge >= 0.3 is 6.01 Å². The molecule has 0 spiro atoms. The molecule has 7 heteroatoms. The molecule has 3 rings (SSSR count). The molecule has 2 heterocycles. The maximum atomic E-state index is 12.5. The number of rotatable bonds is 6. The number of likely N-dealkylation sites (tertiary alicyclic amines) is 1. The van der Waals surface area contributed by atoms with Crippen molar-refractivity contribution < 1.29 is 9.32 Å². The molecule has 1 aromatic heterocycles. The number of halogens is 1. The van der Waals surface area contributed by atoms with Gasteiger partial charge in [-0.15, -0.1) is 0 Å². The summed E-state index contributed by atoms with van der Waals surface area (Å²) < 4.78 is 5.18. The Morgan fingerprint density at radius 3 is 2.77 bits per heavy atom. The Bertz CT molecular complexity index is 739. The summed E-state index contributed by atoms with van der Waals surface area (Å²) in [5.74, 6) is 1.54. The minimum Gasteiger partial charge on any atom is -0.342 e. The van der Waals surface area contributed by atoms with Gasteiger partial charge in [0.2, 0.25) is 5.91 Å². The van der Waals surface area contributed by atoms with Gasteiger partial charge in [0.25, 0.3) is 0 Å². The lowest BCUT2D eigenvalue weighted by atomic mass is 9.92. The molecule has 1 aliphatic heterocycles. The average Bonchev–Trinajstić information content (AvgIpc) is 3.10. The number of aryl methyl sites for hydroxylation is 1. The standard InChI is InChI=1S/C19H25ClN4O2/c1-23(2)19-21-17(22-26-19)7-6-14-8-10-24(11-9-14)18(25)13-15-4-3-5-16(20)12-15/h3-5,12,14H,6-11,13H2,1-2H3. The normalized spacial score (nSPS) is 15.3. The van der Waals surface area contributed by atoms with Crippen LogP contribution in [0.4, 0.5) is 6.01 Å². The van der Waals surface area contributed by atoms with E-state index in [1.807, 2.05) is 43.3 Å². The van der Waals surface area contributed by atoms with Crippen LogP contribution in [-0.4, -0.2) is 48.1 Å². The van der Waals surface area contributed by atoms with Crippen LogP contribution >= 0.6 is 11.6 Å². The minimum atomic E-state index is 0.180. The van der Waals surface area contributed by atoms with Crippen molar-refractivity contribution in [2.45, 2.75) is 32.1 Å². The molecule has 6 nitrogen and oxygen atoms in total. The first-order valence-corrected chi connectivity index (χ1v) is 9.41. The van der Waals surface area contributed by atoms with Gasteiger partial charge in [0, 0.05) is 38.6 Å². The molecule has 26 heavy (non-hydrogen) atoms. The molecular formula is C19H25ClN4O2. The maximum absolute atomic E-state index is 12.5. The number of hydrogen-bond acceptors (Lipinski definition) is 5. The fourth-order valence-electron chi connectivity index (χ4n) is 3.27. The number of hydrogen-bond donors (Lipinski definition) is 0. The van der Waals surface area contributed by atoms with E-state index in [0.717, 1.165) is 50.2 Å². The molecule has 0 N–H and O–H groups in total. The summed E-state index contributed by atoms with van der Waals surface area (Å²) in [6.07, 6.45) is 4.32. The fraction of sp³-hybridized carbons (Fsp3) is 0.526. The zero-order valence-corrected chi connectivity index (χ0v) is 16.1. The van der Waals surface area contributed by atoms with Crippen LogP contribution in [0.5, 0.6) is 0 Å². The Labute approximate surface area is 159 Å². The van der Waals surface area contributed by atoms with Gasteiger partial charge in [-0.25, -0.2) is 0 Å². The lowest BCUT2D eigenvalue weighted by Gasteiger charge is -2.32. The smallest absolute Gasteiger partial charge is 0.323 e. The predicted molar refractivity (Wildman–Crippen MR) is 101 cm³/mol. The average molecular weight is 377 g/mol. The molecule has 1 aromatic carbocycles. The number of anilines is 1. The minimum absolute atomic E-state index is 0.180. The first-order chi connectivity index (χ1) is 12.5. The van der Waals surface area contributed by atoms with Gasteiger partial charge < -0.3 is 14.3 Å². The lowest BCUT2D eigenvalue weighted by molar-refractivity contribution is -0.131. The lowest BCUT2D eigenvalue weighted by Crippen LogP contribution is -2.39. The summed E-state index contributed by atoms with van der Waals surface area (Å²) in [6.45, 7) is 1.64. The van der Waals surface area contributed by atoms with E-state index in [2.05, 4.69) is 10.1 Å². The first kappa shape index (κ1) is 18.7. The second-order valence-corrected chi connectivity index (χ2v) is 7.49. The van der Waals surface area contributed by atoms with Crippen LogP contribution < -0.4 is 4.90 Å². The summed E-state index contributed by atoms with van der Waals surface area (Å²) in [5, 5.41) is 4.69. The second kappa shape index (κ2) is 8.54. The van der Waals surface area contributed by atoms with Gasteiger partial charge in [-0.1, -0.05) is 28.9 Å². The monoisotopic (exact) mass is 376 g/mol. The number of piperidine rings is 1. The van der Waals surface area contributed by atoms with E-state index >= 15 is 0 Å². The van der Waals surface area contributed by atoms with Crippen molar-refractivity contribution in [3.8, 4) is 0 Å². The number of benzene rings is 1. The van der Waals surface area contributed by atoms with Crippen LogP contribution in [-0.2, 0) is 17.6 Å². The number of carbonyl (C=O) groups excluding carboxylic acids is 1. The van der Waals surface area contributed by atoms with Gasteiger partial charge in [0.1, 0.15) is 0 Å². The highest BCUT2D eigenvalue weighted by atomic mass is 35.5. The summed E-state index contributed by atoms with van der Waals surface area (Å²) in [5.41, 5.74) is 0.971. The zero-order valence-electron chi connectivity index (χ0n) is 15.3. The SMILES string of the molecule is CN(C)c1nc(CCC2CCN(C(=O)Cc3cccc(Cl)c3)CC2)no1. The quantitative estimate of drug-likeness (QED) is 0.774. The second-order valence-electron chi connectivity index (χ2n) is 7.06. The molecule has 1 aliphatic rings. The van der Waals surface area contributed by atoms with Crippen LogP contribution in [0.2, 0.25) is 5.02 Å². The van der Waals surface area contributed by atoms with E-state index in [1.54, 1.807) is 4.90 Å². The van der Waals surface area contributed by atoms with Crippen molar-refractivity contribution in [1.29, 1.82) is 0 Å². The van der Waals surface area contributed by atoms with Crippen LogP contribution in [0.1, 0.15) is 30.7 Å². The zero-order chi connectivity index (χ0) is 18.5. The molecule has 0 radical (unpaired) electrons. The number of nitrogens with zero attached hydrogens (tertiary/aromatic N) is 4. The molecule has 2 aromatic rings. The Morgan fingerprint density at radius 1 is 1.35 bits per heavy atom. The van der Waals surface area contributed by atoms with E-state index < -0.39 is 0 Å². The number of carbonyl (C=O) groups is 1. The largest absolute Gasteiger partial charge is 0.342 e. The van der Waals surface area contributed by atoms with Gasteiger partial charge in [0.15, 0.2) is 5.82 Å². The van der Waals surface area contributed by atoms with Crippen LogP contribution in [0, 0.1) is 5.92 Å². The van der Waals surface area contributed by atoms with Crippen molar-refractivity contribution in [3.05, 3.63) is 40.7 Å². The maximum Gasteiger partial charge on any atom is 0.323 e. The Morgan fingerprint density at radius 2 is 2.12 bits per heavy atom. The fourth-order valence-corrected chi connectivity index (χ4v) is 3.48. The Hall–Kier alpha value is -2.08. The van der Waals surface area contributed by atoms with Crippen molar-refractivity contribution in [1.82, 2.24) is 15.0 Å². The molecular weight excluding hydrogens is 352 g/mol. The molecule has 1 amide bonds. The predicted octanol–water partition coefficient (Wildman–Crippen LogP) is 3.20.